The second-order valence-corrected chi connectivity index (χ2v) is 6.44. The molecule has 4 nitrogen and oxygen atoms in total. The molecule has 0 unspecified atom stereocenters. The number of hydrazine groups is 1. The average Bonchev–Trinajstić information content (AvgIpc) is 2.59. The number of carbonyl (C=O) groups excluding carboxylic acids is 2. The van der Waals surface area contributed by atoms with Crippen molar-refractivity contribution < 1.29 is 9.59 Å². The molecule has 1 aliphatic carbocycles. The maximum atomic E-state index is 12.0. The van der Waals surface area contributed by atoms with Crippen LogP contribution in [0.5, 0.6) is 0 Å². The van der Waals surface area contributed by atoms with Crippen LogP contribution in [0.15, 0.2) is 42.5 Å². The molecule has 0 saturated carbocycles. The highest BCUT2D eigenvalue weighted by atomic mass is 35.5. The van der Waals surface area contributed by atoms with Crippen molar-refractivity contribution in [2.45, 2.75) is 32.1 Å². The molecule has 2 N–H and O–H groups in total. The van der Waals surface area contributed by atoms with Crippen molar-refractivity contribution in [2.75, 3.05) is 0 Å². The first-order valence-electron chi connectivity index (χ1n) is 8.07. The monoisotopic (exact) mass is 342 g/mol. The fourth-order valence-electron chi connectivity index (χ4n) is 2.95. The summed E-state index contributed by atoms with van der Waals surface area (Å²) in [7, 11) is 0. The highest BCUT2D eigenvalue weighted by Gasteiger charge is 2.12. The Labute approximate surface area is 146 Å². The Hall–Kier alpha value is -2.33. The summed E-state index contributed by atoms with van der Waals surface area (Å²) in [5.41, 5.74) is 8.95. The van der Waals surface area contributed by atoms with Crippen LogP contribution in [0.2, 0.25) is 5.02 Å². The van der Waals surface area contributed by atoms with Crippen molar-refractivity contribution >= 4 is 23.4 Å². The molecular weight excluding hydrogens is 324 g/mol. The van der Waals surface area contributed by atoms with Gasteiger partial charge in [0.15, 0.2) is 0 Å². The lowest BCUT2D eigenvalue weighted by Gasteiger charge is -2.16. The van der Waals surface area contributed by atoms with E-state index in [1.54, 1.807) is 24.3 Å². The minimum atomic E-state index is -0.392. The molecule has 3 rings (SSSR count). The van der Waals surface area contributed by atoms with Crippen molar-refractivity contribution in [3.05, 3.63) is 69.7 Å². The van der Waals surface area contributed by atoms with Crippen molar-refractivity contribution in [2.24, 2.45) is 0 Å². The van der Waals surface area contributed by atoms with Crippen molar-refractivity contribution in [3.8, 4) is 0 Å². The summed E-state index contributed by atoms with van der Waals surface area (Å²) in [5, 5.41) is 0.475. The van der Waals surface area contributed by atoms with Gasteiger partial charge in [-0.05, 0) is 60.6 Å². The third-order valence-electron chi connectivity index (χ3n) is 4.18. The van der Waals surface area contributed by atoms with Gasteiger partial charge in [-0.25, -0.2) is 0 Å². The number of carbonyl (C=O) groups is 2. The van der Waals surface area contributed by atoms with Gasteiger partial charge in [0.1, 0.15) is 0 Å². The maximum Gasteiger partial charge on any atom is 0.269 e. The lowest BCUT2D eigenvalue weighted by Crippen LogP contribution is -2.42. The number of amides is 2. The first kappa shape index (κ1) is 16.5. The van der Waals surface area contributed by atoms with Crippen molar-refractivity contribution in [3.63, 3.8) is 0 Å². The first-order valence-corrected chi connectivity index (χ1v) is 8.45. The molecule has 0 saturated heterocycles. The van der Waals surface area contributed by atoms with Crippen LogP contribution < -0.4 is 10.9 Å². The van der Waals surface area contributed by atoms with E-state index in [2.05, 4.69) is 23.0 Å². The fraction of sp³-hybridized carbons (Fsp3) is 0.263. The highest BCUT2D eigenvalue weighted by Crippen LogP contribution is 2.22. The molecule has 2 aromatic rings. The SMILES string of the molecule is O=C(Cc1ccc2c(c1)CCCC2)NNC(=O)c1cccc(Cl)c1. The molecule has 0 atom stereocenters. The second kappa shape index (κ2) is 7.49. The van der Waals surface area contributed by atoms with Crippen LogP contribution in [0.3, 0.4) is 0 Å². The molecule has 0 radical (unpaired) electrons. The quantitative estimate of drug-likeness (QED) is 0.841. The van der Waals surface area contributed by atoms with Crippen LogP contribution in [0, 0.1) is 0 Å². The molecule has 2 amide bonds. The van der Waals surface area contributed by atoms with Crippen LogP contribution in [0.4, 0.5) is 0 Å². The molecule has 5 heteroatoms. The lowest BCUT2D eigenvalue weighted by atomic mass is 9.90. The Kier molecular flexibility index (Phi) is 5.16. The third-order valence-corrected chi connectivity index (χ3v) is 4.41. The summed E-state index contributed by atoms with van der Waals surface area (Å²) in [6.07, 6.45) is 4.89. The summed E-state index contributed by atoms with van der Waals surface area (Å²) < 4.78 is 0. The topological polar surface area (TPSA) is 58.2 Å². The largest absolute Gasteiger partial charge is 0.273 e. The molecule has 2 aromatic carbocycles. The predicted molar refractivity (Wildman–Crippen MR) is 93.8 cm³/mol. The minimum absolute atomic E-state index is 0.239. The number of hydrogen-bond donors (Lipinski definition) is 2. The minimum Gasteiger partial charge on any atom is -0.273 e. The third kappa shape index (κ3) is 4.15. The van der Waals surface area contributed by atoms with Gasteiger partial charge in [0.2, 0.25) is 5.91 Å². The van der Waals surface area contributed by atoms with Crippen molar-refractivity contribution in [1.29, 1.82) is 0 Å². The van der Waals surface area contributed by atoms with Gasteiger partial charge in [0.25, 0.3) is 5.91 Å². The van der Waals surface area contributed by atoms with Crippen LogP contribution >= 0.6 is 11.6 Å². The summed E-state index contributed by atoms with van der Waals surface area (Å²) in [6, 6.07) is 12.8. The number of benzene rings is 2. The Morgan fingerprint density at radius 2 is 1.75 bits per heavy atom. The van der Waals surface area contributed by atoms with E-state index in [-0.39, 0.29) is 12.3 Å². The average molecular weight is 343 g/mol. The van der Waals surface area contributed by atoms with E-state index in [0.717, 1.165) is 18.4 Å². The molecule has 0 bridgehead atoms. The zero-order valence-corrected chi connectivity index (χ0v) is 14.0. The molecule has 0 aromatic heterocycles. The number of rotatable bonds is 3. The number of halogens is 1. The summed E-state index contributed by atoms with van der Waals surface area (Å²) in [4.78, 5) is 24.0. The number of hydrogen-bond acceptors (Lipinski definition) is 2. The van der Waals surface area contributed by atoms with Gasteiger partial charge in [0.05, 0.1) is 6.42 Å². The van der Waals surface area contributed by atoms with E-state index < -0.39 is 5.91 Å². The molecule has 24 heavy (non-hydrogen) atoms. The lowest BCUT2D eigenvalue weighted by molar-refractivity contribution is -0.121. The molecule has 0 fully saturated rings. The van der Waals surface area contributed by atoms with Gasteiger partial charge >= 0.3 is 0 Å². The maximum absolute atomic E-state index is 12.0. The number of fused-ring (bicyclic) bond motifs is 1. The molecular formula is C19H19ClN2O2. The highest BCUT2D eigenvalue weighted by molar-refractivity contribution is 6.30. The summed E-state index contributed by atoms with van der Waals surface area (Å²) in [6.45, 7) is 0. The second-order valence-electron chi connectivity index (χ2n) is 6.00. The molecule has 0 aliphatic heterocycles. The normalized spacial score (nSPS) is 13.0. The van der Waals surface area contributed by atoms with E-state index >= 15 is 0 Å². The number of nitrogens with one attached hydrogen (secondary N) is 2. The Balaban J connectivity index is 1.55. The molecule has 0 heterocycles. The Morgan fingerprint density at radius 1 is 0.958 bits per heavy atom. The smallest absolute Gasteiger partial charge is 0.269 e. The van der Waals surface area contributed by atoms with Gasteiger partial charge in [-0.3, -0.25) is 20.4 Å². The summed E-state index contributed by atoms with van der Waals surface area (Å²) in [5.74, 6) is -0.641. The van der Waals surface area contributed by atoms with E-state index in [4.69, 9.17) is 11.6 Å². The molecule has 124 valence electrons. The van der Waals surface area contributed by atoms with Crippen molar-refractivity contribution in [1.82, 2.24) is 10.9 Å². The van der Waals surface area contributed by atoms with E-state index in [1.165, 1.54) is 24.0 Å². The summed E-state index contributed by atoms with van der Waals surface area (Å²) >= 11 is 5.85. The predicted octanol–water partition coefficient (Wildman–Crippen LogP) is 3.22. The standard InChI is InChI=1S/C19H19ClN2O2/c20-17-7-3-6-16(12-17)19(24)22-21-18(23)11-13-8-9-14-4-1-2-5-15(14)10-13/h3,6-10,12H,1-2,4-5,11H2,(H,21,23)(H,22,24). The zero-order valence-electron chi connectivity index (χ0n) is 13.3. The van der Waals surface area contributed by atoms with Gasteiger partial charge in [-0.15, -0.1) is 0 Å². The van der Waals surface area contributed by atoms with Gasteiger partial charge in [0, 0.05) is 10.6 Å². The van der Waals surface area contributed by atoms with Crippen LogP contribution in [0.1, 0.15) is 39.9 Å². The fourth-order valence-corrected chi connectivity index (χ4v) is 3.14. The van der Waals surface area contributed by atoms with Crippen LogP contribution in [0.25, 0.3) is 0 Å². The molecule has 1 aliphatic rings. The van der Waals surface area contributed by atoms with E-state index in [1.807, 2.05) is 6.07 Å². The van der Waals surface area contributed by atoms with Gasteiger partial charge in [-0.2, -0.15) is 0 Å². The van der Waals surface area contributed by atoms with Crippen LogP contribution in [-0.2, 0) is 24.1 Å². The van der Waals surface area contributed by atoms with Crippen LogP contribution in [-0.4, -0.2) is 11.8 Å². The van der Waals surface area contributed by atoms with Gasteiger partial charge < -0.3 is 0 Å². The van der Waals surface area contributed by atoms with E-state index in [9.17, 15) is 9.59 Å². The van der Waals surface area contributed by atoms with E-state index in [0.29, 0.717) is 10.6 Å². The zero-order chi connectivity index (χ0) is 16.9. The molecule has 0 spiro atoms. The Bertz CT molecular complexity index is 774. The first-order chi connectivity index (χ1) is 11.6. The Morgan fingerprint density at radius 3 is 2.54 bits per heavy atom. The number of aryl methyl sites for hydroxylation is 2. The van der Waals surface area contributed by atoms with Gasteiger partial charge in [-0.1, -0.05) is 35.9 Å².